The van der Waals surface area contributed by atoms with Gasteiger partial charge in [0.05, 0.1) is 35.7 Å². The van der Waals surface area contributed by atoms with Crippen LogP contribution in [0.1, 0.15) is 32.3 Å². The van der Waals surface area contributed by atoms with Crippen molar-refractivity contribution in [2.75, 3.05) is 31.7 Å². The maximum atomic E-state index is 9.48. The lowest BCUT2D eigenvalue weighted by Crippen LogP contribution is -2.44. The van der Waals surface area contributed by atoms with Crippen LogP contribution < -0.4 is 9.64 Å². The van der Waals surface area contributed by atoms with Crippen molar-refractivity contribution in [3.63, 3.8) is 0 Å². The molecule has 3 aromatic heterocycles. The molecule has 0 aliphatic carbocycles. The molecule has 1 saturated heterocycles. The molecule has 0 radical (unpaired) electrons. The minimum Gasteiger partial charge on any atom is -0.492 e. The summed E-state index contributed by atoms with van der Waals surface area (Å²) in [5.41, 5.74) is 3.06. The number of pyridine rings is 2. The van der Waals surface area contributed by atoms with Gasteiger partial charge in [-0.05, 0) is 44.9 Å². The quantitative estimate of drug-likeness (QED) is 0.660. The molecular weight excluding hydrogens is 366 g/mol. The molecule has 4 heterocycles. The van der Waals surface area contributed by atoms with Gasteiger partial charge >= 0.3 is 0 Å². The van der Waals surface area contributed by atoms with Crippen molar-refractivity contribution in [3.05, 3.63) is 42.4 Å². The Labute approximate surface area is 170 Å². The minimum atomic E-state index is -0.0442. The highest BCUT2D eigenvalue weighted by Gasteiger charge is 2.30. The maximum absolute atomic E-state index is 9.48. The number of methoxy groups -OCH3 is 1. The Morgan fingerprint density at radius 2 is 2.03 bits per heavy atom. The second-order valence-corrected chi connectivity index (χ2v) is 7.53. The van der Waals surface area contributed by atoms with Gasteiger partial charge in [0.2, 0.25) is 0 Å². The van der Waals surface area contributed by atoms with E-state index < -0.39 is 0 Å². The number of nitriles is 1. The van der Waals surface area contributed by atoms with E-state index in [1.54, 1.807) is 24.0 Å². The lowest BCUT2D eigenvalue weighted by molar-refractivity contribution is -0.0133. The van der Waals surface area contributed by atoms with Crippen LogP contribution in [0.15, 0.2) is 36.8 Å². The van der Waals surface area contributed by atoms with Crippen LogP contribution in [-0.4, -0.2) is 47.0 Å². The number of nitrogens with zero attached hydrogens (tertiary/aromatic N) is 5. The number of rotatable bonds is 5. The first kappa shape index (κ1) is 19.2. The number of piperidine rings is 1. The summed E-state index contributed by atoms with van der Waals surface area (Å²) in [7, 11) is 1.78. The fraction of sp³-hybridized carbons (Fsp3) is 0.409. The van der Waals surface area contributed by atoms with E-state index in [0.29, 0.717) is 17.9 Å². The normalized spacial score (nSPS) is 16.0. The number of hydrogen-bond acceptors (Lipinski definition) is 6. The Balaban J connectivity index is 1.66. The molecule has 3 aromatic rings. The summed E-state index contributed by atoms with van der Waals surface area (Å²) in [6.07, 6.45) is 7.19. The van der Waals surface area contributed by atoms with E-state index >= 15 is 0 Å². The van der Waals surface area contributed by atoms with Crippen LogP contribution in [0.25, 0.3) is 16.6 Å². The van der Waals surface area contributed by atoms with Crippen LogP contribution in [0.5, 0.6) is 5.75 Å². The molecule has 4 rings (SSSR count). The summed E-state index contributed by atoms with van der Waals surface area (Å²) in [5, 5.41) is 13.8. The van der Waals surface area contributed by atoms with Crippen molar-refractivity contribution in [2.45, 2.75) is 32.3 Å². The molecule has 7 heteroatoms. The van der Waals surface area contributed by atoms with E-state index in [-0.39, 0.29) is 5.60 Å². The molecule has 0 unspecified atom stereocenters. The molecule has 0 spiro atoms. The first-order valence-corrected chi connectivity index (χ1v) is 9.87. The van der Waals surface area contributed by atoms with E-state index in [4.69, 9.17) is 14.5 Å². The number of anilines is 1. The van der Waals surface area contributed by atoms with Gasteiger partial charge in [0.1, 0.15) is 17.6 Å². The van der Waals surface area contributed by atoms with Crippen molar-refractivity contribution >= 4 is 11.3 Å². The van der Waals surface area contributed by atoms with Crippen molar-refractivity contribution in [2.24, 2.45) is 0 Å². The zero-order chi connectivity index (χ0) is 20.4. The number of hydrogen-bond donors (Lipinski definition) is 0. The second kappa shape index (κ2) is 7.72. The number of ether oxygens (including phenoxy) is 2. The van der Waals surface area contributed by atoms with Gasteiger partial charge in [-0.3, -0.25) is 0 Å². The number of aromatic nitrogens is 3. The Morgan fingerprint density at radius 1 is 1.24 bits per heavy atom. The molecule has 0 atom stereocenters. The van der Waals surface area contributed by atoms with Crippen molar-refractivity contribution in [3.8, 4) is 22.9 Å². The molecule has 1 aliphatic rings. The third kappa shape index (κ3) is 3.64. The van der Waals surface area contributed by atoms with Gasteiger partial charge < -0.3 is 14.4 Å². The highest BCUT2D eigenvalue weighted by Crippen LogP contribution is 2.32. The van der Waals surface area contributed by atoms with Crippen LogP contribution in [0, 0.1) is 11.3 Å². The molecule has 0 aromatic carbocycles. The lowest BCUT2D eigenvalue weighted by atomic mass is 9.93. The third-order valence-corrected chi connectivity index (χ3v) is 5.71. The fourth-order valence-corrected chi connectivity index (χ4v) is 3.79. The van der Waals surface area contributed by atoms with E-state index in [2.05, 4.69) is 23.0 Å². The summed E-state index contributed by atoms with van der Waals surface area (Å²) in [5.74, 6) is 1.67. The van der Waals surface area contributed by atoms with E-state index in [9.17, 15) is 5.26 Å². The zero-order valence-electron chi connectivity index (χ0n) is 17.1. The fourth-order valence-electron chi connectivity index (χ4n) is 3.79. The molecule has 7 nitrogen and oxygen atoms in total. The third-order valence-electron chi connectivity index (χ3n) is 5.71. The predicted molar refractivity (Wildman–Crippen MR) is 111 cm³/mol. The van der Waals surface area contributed by atoms with Crippen molar-refractivity contribution < 1.29 is 9.47 Å². The van der Waals surface area contributed by atoms with Crippen molar-refractivity contribution in [1.82, 2.24) is 14.6 Å². The summed E-state index contributed by atoms with van der Waals surface area (Å²) in [6, 6.07) is 8.26. The van der Waals surface area contributed by atoms with Gasteiger partial charge in [-0.15, -0.1) is 0 Å². The average Bonchev–Trinajstić information content (AvgIpc) is 3.17. The Bertz CT molecular complexity index is 1040. The van der Waals surface area contributed by atoms with Gasteiger partial charge in [-0.2, -0.15) is 10.4 Å². The summed E-state index contributed by atoms with van der Waals surface area (Å²) in [4.78, 5) is 6.99. The van der Waals surface area contributed by atoms with Crippen LogP contribution in [0.2, 0.25) is 0 Å². The molecule has 0 amide bonds. The van der Waals surface area contributed by atoms with Crippen LogP contribution in [0.3, 0.4) is 0 Å². The smallest absolute Gasteiger partial charge is 0.138 e. The molecule has 150 valence electrons. The van der Waals surface area contributed by atoms with E-state index in [0.717, 1.165) is 48.4 Å². The van der Waals surface area contributed by atoms with Gasteiger partial charge in [-0.1, -0.05) is 0 Å². The van der Waals surface area contributed by atoms with Crippen LogP contribution in [0.4, 0.5) is 5.82 Å². The van der Waals surface area contributed by atoms with Gasteiger partial charge in [0.25, 0.3) is 0 Å². The molecule has 0 N–H and O–H groups in total. The number of fused-ring (bicyclic) bond motifs is 1. The van der Waals surface area contributed by atoms with Crippen LogP contribution in [-0.2, 0) is 4.74 Å². The van der Waals surface area contributed by atoms with Crippen LogP contribution >= 0.6 is 0 Å². The lowest BCUT2D eigenvalue weighted by Gasteiger charge is -2.38. The Kier molecular flexibility index (Phi) is 5.12. The molecule has 0 saturated carbocycles. The average molecular weight is 391 g/mol. The Morgan fingerprint density at radius 3 is 2.66 bits per heavy atom. The minimum absolute atomic E-state index is 0.0442. The summed E-state index contributed by atoms with van der Waals surface area (Å²) >= 11 is 0. The standard InChI is InChI=1S/C22H25N5O2/c1-4-29-18-11-19(21-17(12-23)14-25-27(21)15-18)16-5-6-20(24-13-16)26-9-7-22(2,28-3)8-10-26/h5-6,11,13-15H,4,7-10H2,1-3H3. The summed E-state index contributed by atoms with van der Waals surface area (Å²) < 4.78 is 13.0. The SMILES string of the molecule is CCOc1cc(-c2ccc(N3CCC(C)(OC)CC3)nc2)c2c(C#N)cnn2c1. The first-order chi connectivity index (χ1) is 14.1. The topological polar surface area (TPSA) is 75.7 Å². The van der Waals surface area contributed by atoms with Crippen molar-refractivity contribution in [1.29, 1.82) is 5.26 Å². The monoisotopic (exact) mass is 391 g/mol. The summed E-state index contributed by atoms with van der Waals surface area (Å²) in [6.45, 7) is 6.50. The molecule has 1 fully saturated rings. The first-order valence-electron chi connectivity index (χ1n) is 9.87. The van der Waals surface area contributed by atoms with Gasteiger partial charge in [0, 0.05) is 37.5 Å². The highest BCUT2D eigenvalue weighted by atomic mass is 16.5. The Hall–Kier alpha value is -3.11. The maximum Gasteiger partial charge on any atom is 0.138 e. The molecule has 29 heavy (non-hydrogen) atoms. The molecule has 0 bridgehead atoms. The molecular formula is C22H25N5O2. The molecule has 1 aliphatic heterocycles. The predicted octanol–water partition coefficient (Wildman–Crippen LogP) is 3.67. The van der Waals surface area contributed by atoms with Gasteiger partial charge in [-0.25, -0.2) is 9.50 Å². The second-order valence-electron chi connectivity index (χ2n) is 7.53. The largest absolute Gasteiger partial charge is 0.492 e. The van der Waals surface area contributed by atoms with E-state index in [1.165, 1.54) is 0 Å². The highest BCUT2D eigenvalue weighted by molar-refractivity contribution is 5.85. The van der Waals surface area contributed by atoms with Gasteiger partial charge in [0.15, 0.2) is 0 Å². The zero-order valence-corrected chi connectivity index (χ0v) is 17.1. The van der Waals surface area contributed by atoms with E-state index in [1.807, 2.05) is 31.3 Å².